The summed E-state index contributed by atoms with van der Waals surface area (Å²) in [5, 5.41) is 3.08. The van der Waals surface area contributed by atoms with Crippen molar-refractivity contribution in [3.63, 3.8) is 0 Å². The van der Waals surface area contributed by atoms with E-state index < -0.39 is 11.7 Å². The van der Waals surface area contributed by atoms with Crippen molar-refractivity contribution in [1.82, 2.24) is 15.1 Å². The minimum absolute atomic E-state index is 0. The van der Waals surface area contributed by atoms with Crippen LogP contribution in [-0.2, 0) is 17.5 Å². The van der Waals surface area contributed by atoms with E-state index in [4.69, 9.17) is 4.74 Å². The molecule has 0 atom stereocenters. The highest BCUT2D eigenvalue weighted by atomic mass is 127. The highest BCUT2D eigenvalue weighted by Crippen LogP contribution is 2.29. The lowest BCUT2D eigenvalue weighted by Gasteiger charge is -2.35. The van der Waals surface area contributed by atoms with E-state index in [0.29, 0.717) is 44.3 Å². The lowest BCUT2D eigenvalue weighted by Crippen LogP contribution is -2.53. The van der Waals surface area contributed by atoms with Crippen molar-refractivity contribution in [2.24, 2.45) is 4.99 Å². The minimum atomic E-state index is -4.36. The second-order valence-corrected chi connectivity index (χ2v) is 5.77. The Hall–Kier alpha value is -1.72. The number of nitrogens with zero attached hydrogens (tertiary/aromatic N) is 3. The van der Waals surface area contributed by atoms with Crippen LogP contribution in [0.5, 0.6) is 0 Å². The number of piperazine rings is 1. The number of halogens is 4. The second-order valence-electron chi connectivity index (χ2n) is 5.77. The number of nitrogens with one attached hydrogen (secondary N) is 1. The fourth-order valence-electron chi connectivity index (χ4n) is 2.69. The van der Waals surface area contributed by atoms with E-state index >= 15 is 0 Å². The molecule has 0 radical (unpaired) electrons. The lowest BCUT2D eigenvalue weighted by atomic mass is 10.1. The predicted octanol–water partition coefficient (Wildman–Crippen LogP) is 3.17. The van der Waals surface area contributed by atoms with Crippen LogP contribution in [0.4, 0.5) is 18.0 Å². The Labute approximate surface area is 173 Å². The van der Waals surface area contributed by atoms with Crippen molar-refractivity contribution in [2.45, 2.75) is 19.6 Å². The van der Waals surface area contributed by atoms with Crippen LogP contribution in [0.15, 0.2) is 29.3 Å². The van der Waals surface area contributed by atoms with E-state index in [1.165, 1.54) is 6.07 Å². The molecule has 6 nitrogen and oxygen atoms in total. The van der Waals surface area contributed by atoms with Crippen molar-refractivity contribution in [1.29, 1.82) is 0 Å². The van der Waals surface area contributed by atoms with Crippen molar-refractivity contribution < 1.29 is 22.7 Å². The minimum Gasteiger partial charge on any atom is -0.450 e. The van der Waals surface area contributed by atoms with Crippen molar-refractivity contribution in [3.8, 4) is 0 Å². The van der Waals surface area contributed by atoms with Crippen LogP contribution in [0.1, 0.15) is 18.1 Å². The topological polar surface area (TPSA) is 57.2 Å². The van der Waals surface area contributed by atoms with Gasteiger partial charge in [-0.15, -0.1) is 24.0 Å². The van der Waals surface area contributed by atoms with Crippen LogP contribution in [0, 0.1) is 0 Å². The molecule has 0 aliphatic carbocycles. The Kier molecular flexibility index (Phi) is 9.13. The molecule has 27 heavy (non-hydrogen) atoms. The van der Waals surface area contributed by atoms with Crippen molar-refractivity contribution >= 4 is 36.0 Å². The predicted molar refractivity (Wildman–Crippen MR) is 107 cm³/mol. The zero-order valence-corrected chi connectivity index (χ0v) is 17.6. The molecule has 1 aliphatic rings. The molecule has 0 bridgehead atoms. The van der Waals surface area contributed by atoms with Gasteiger partial charge in [-0.25, -0.2) is 4.79 Å². The average Bonchev–Trinajstić information content (AvgIpc) is 2.62. The molecule has 10 heteroatoms. The van der Waals surface area contributed by atoms with Gasteiger partial charge < -0.3 is 19.9 Å². The smallest absolute Gasteiger partial charge is 0.416 e. The molecule has 0 spiro atoms. The standard InChI is InChI=1S/C17H23F3N4O2.HI/c1-3-26-16(25)24-9-7-23(8-10-24)15(21-2)22-12-13-5-4-6-14(11-13)17(18,19)20;/h4-6,11H,3,7-10,12H2,1-2H3,(H,21,22);1H. The maximum atomic E-state index is 12.8. The number of hydrogen-bond donors (Lipinski definition) is 1. The van der Waals surface area contributed by atoms with Gasteiger partial charge in [-0.3, -0.25) is 4.99 Å². The van der Waals surface area contributed by atoms with Crippen LogP contribution < -0.4 is 5.32 Å². The molecular weight excluding hydrogens is 476 g/mol. The first-order chi connectivity index (χ1) is 12.3. The monoisotopic (exact) mass is 500 g/mol. The molecule has 1 fully saturated rings. The number of ether oxygens (including phenoxy) is 1. The molecular formula is C17H24F3IN4O2. The quantitative estimate of drug-likeness (QED) is 0.394. The number of benzene rings is 1. The summed E-state index contributed by atoms with van der Waals surface area (Å²) in [5.74, 6) is 0.589. The van der Waals surface area contributed by atoms with Gasteiger partial charge >= 0.3 is 12.3 Å². The molecule has 0 aromatic heterocycles. The summed E-state index contributed by atoms with van der Waals surface area (Å²) in [5.41, 5.74) is -0.152. The molecule has 2 rings (SSSR count). The van der Waals surface area contributed by atoms with Gasteiger partial charge in [0, 0.05) is 39.8 Å². The summed E-state index contributed by atoms with van der Waals surface area (Å²) >= 11 is 0. The Morgan fingerprint density at radius 1 is 1.22 bits per heavy atom. The molecule has 1 N–H and O–H groups in total. The highest BCUT2D eigenvalue weighted by molar-refractivity contribution is 14.0. The molecule has 1 saturated heterocycles. The first kappa shape index (κ1) is 23.3. The third kappa shape index (κ3) is 6.74. The van der Waals surface area contributed by atoms with Crippen LogP contribution >= 0.6 is 24.0 Å². The van der Waals surface area contributed by atoms with Gasteiger partial charge in [-0.05, 0) is 24.6 Å². The van der Waals surface area contributed by atoms with Crippen LogP contribution in [0.3, 0.4) is 0 Å². The highest BCUT2D eigenvalue weighted by Gasteiger charge is 2.30. The number of hydrogen-bond acceptors (Lipinski definition) is 3. The first-order valence-corrected chi connectivity index (χ1v) is 8.38. The van der Waals surface area contributed by atoms with E-state index in [9.17, 15) is 18.0 Å². The fourth-order valence-corrected chi connectivity index (χ4v) is 2.69. The summed E-state index contributed by atoms with van der Waals surface area (Å²) in [6, 6.07) is 5.20. The average molecular weight is 500 g/mol. The molecule has 1 aromatic carbocycles. The van der Waals surface area contributed by atoms with E-state index in [-0.39, 0.29) is 36.6 Å². The Balaban J connectivity index is 0.00000364. The first-order valence-electron chi connectivity index (χ1n) is 8.38. The van der Waals surface area contributed by atoms with Crippen molar-refractivity contribution in [3.05, 3.63) is 35.4 Å². The van der Waals surface area contributed by atoms with Crippen LogP contribution in [-0.4, -0.2) is 61.7 Å². The Morgan fingerprint density at radius 2 is 1.85 bits per heavy atom. The van der Waals surface area contributed by atoms with E-state index in [1.54, 1.807) is 24.9 Å². The summed E-state index contributed by atoms with van der Waals surface area (Å²) in [6.45, 7) is 4.47. The van der Waals surface area contributed by atoms with E-state index in [0.717, 1.165) is 12.1 Å². The van der Waals surface area contributed by atoms with Gasteiger partial charge in [0.15, 0.2) is 5.96 Å². The second kappa shape index (κ2) is 10.6. The Morgan fingerprint density at radius 3 is 2.41 bits per heavy atom. The SMILES string of the molecule is CCOC(=O)N1CCN(C(=NC)NCc2cccc(C(F)(F)F)c2)CC1.I. The van der Waals surface area contributed by atoms with E-state index in [1.807, 2.05) is 4.90 Å². The number of amides is 1. The Bertz CT molecular complexity index is 647. The number of rotatable bonds is 3. The molecule has 1 aromatic rings. The number of aliphatic imine (C=N–C) groups is 1. The van der Waals surface area contributed by atoms with Crippen LogP contribution in [0.2, 0.25) is 0 Å². The van der Waals surface area contributed by atoms with Gasteiger partial charge in [0.05, 0.1) is 12.2 Å². The molecule has 1 amide bonds. The fraction of sp³-hybridized carbons (Fsp3) is 0.529. The van der Waals surface area contributed by atoms with Gasteiger partial charge in [0.2, 0.25) is 0 Å². The number of alkyl halides is 3. The third-order valence-corrected chi connectivity index (χ3v) is 4.02. The number of guanidine groups is 1. The van der Waals surface area contributed by atoms with Crippen LogP contribution in [0.25, 0.3) is 0 Å². The van der Waals surface area contributed by atoms with Gasteiger partial charge in [-0.2, -0.15) is 13.2 Å². The van der Waals surface area contributed by atoms with Gasteiger partial charge in [-0.1, -0.05) is 12.1 Å². The van der Waals surface area contributed by atoms with Gasteiger partial charge in [0.25, 0.3) is 0 Å². The molecule has 0 saturated carbocycles. The molecule has 0 unspecified atom stereocenters. The van der Waals surface area contributed by atoms with Gasteiger partial charge in [0.1, 0.15) is 0 Å². The summed E-state index contributed by atoms with van der Waals surface area (Å²) < 4.78 is 43.3. The lowest BCUT2D eigenvalue weighted by molar-refractivity contribution is -0.137. The zero-order chi connectivity index (χ0) is 19.2. The maximum Gasteiger partial charge on any atom is 0.416 e. The molecule has 152 valence electrons. The summed E-state index contributed by atoms with van der Waals surface area (Å²) in [7, 11) is 1.62. The van der Waals surface area contributed by atoms with Crippen molar-refractivity contribution in [2.75, 3.05) is 39.8 Å². The summed E-state index contributed by atoms with van der Waals surface area (Å²) in [4.78, 5) is 19.5. The molecule has 1 aliphatic heterocycles. The largest absolute Gasteiger partial charge is 0.450 e. The number of carbonyl (C=O) groups is 1. The number of carbonyl (C=O) groups excluding carboxylic acids is 1. The maximum absolute atomic E-state index is 12.8. The molecule has 1 heterocycles. The van der Waals surface area contributed by atoms with E-state index in [2.05, 4.69) is 10.3 Å². The summed E-state index contributed by atoms with van der Waals surface area (Å²) in [6.07, 6.45) is -4.69. The zero-order valence-electron chi connectivity index (χ0n) is 15.3. The normalized spacial score (nSPS) is 15.2. The third-order valence-electron chi connectivity index (χ3n) is 4.02.